The molecule has 0 aliphatic heterocycles. The van der Waals surface area contributed by atoms with Crippen LogP contribution in [-0.2, 0) is 11.2 Å². The quantitative estimate of drug-likeness (QED) is 0.676. The van der Waals surface area contributed by atoms with Crippen LogP contribution in [0.25, 0.3) is 0 Å². The van der Waals surface area contributed by atoms with Gasteiger partial charge in [0.25, 0.3) is 0 Å². The van der Waals surface area contributed by atoms with Gasteiger partial charge in [0, 0.05) is 5.41 Å². The molecule has 2 N–H and O–H groups in total. The van der Waals surface area contributed by atoms with Crippen molar-refractivity contribution >= 4 is 28.1 Å². The summed E-state index contributed by atoms with van der Waals surface area (Å²) in [5, 5.41) is 0.396. The first kappa shape index (κ1) is 14.7. The van der Waals surface area contributed by atoms with Gasteiger partial charge in [-0.3, -0.25) is 4.79 Å². The van der Waals surface area contributed by atoms with Crippen molar-refractivity contribution in [3.63, 3.8) is 0 Å². The smallest absolute Gasteiger partial charge is 0.348 e. The Morgan fingerprint density at radius 3 is 2.28 bits per heavy atom. The van der Waals surface area contributed by atoms with Crippen LogP contribution >= 0.6 is 11.3 Å². The number of ketones is 1. The molecule has 1 aromatic heterocycles. The molecule has 0 aliphatic rings. The highest BCUT2D eigenvalue weighted by Gasteiger charge is 2.31. The number of methoxy groups -OCH3 is 1. The van der Waals surface area contributed by atoms with E-state index in [1.165, 1.54) is 7.11 Å². The van der Waals surface area contributed by atoms with Crippen LogP contribution in [0, 0.1) is 5.41 Å². The van der Waals surface area contributed by atoms with Gasteiger partial charge in [-0.25, -0.2) is 4.79 Å². The van der Waals surface area contributed by atoms with Crippen LogP contribution in [0.4, 0.5) is 5.00 Å². The van der Waals surface area contributed by atoms with Gasteiger partial charge in [-0.1, -0.05) is 27.7 Å². The summed E-state index contributed by atoms with van der Waals surface area (Å²) in [5.41, 5.74) is 6.56. The second-order valence-electron chi connectivity index (χ2n) is 5.07. The lowest BCUT2D eigenvalue weighted by Crippen LogP contribution is -2.22. The van der Waals surface area contributed by atoms with Crippen molar-refractivity contribution in [3.05, 3.63) is 16.0 Å². The average Bonchev–Trinajstić information content (AvgIpc) is 2.62. The van der Waals surface area contributed by atoms with Crippen molar-refractivity contribution in [2.75, 3.05) is 12.8 Å². The van der Waals surface area contributed by atoms with E-state index in [2.05, 4.69) is 0 Å². The molecule has 0 unspecified atom stereocenters. The van der Waals surface area contributed by atoms with E-state index in [9.17, 15) is 9.59 Å². The molecule has 5 heteroatoms. The molecule has 0 amide bonds. The number of hydrogen-bond donors (Lipinski definition) is 1. The Labute approximate surface area is 111 Å². The number of carbonyl (C=O) groups is 2. The predicted octanol–water partition coefficient (Wildman–Crippen LogP) is 2.91. The lowest BCUT2D eigenvalue weighted by atomic mass is 9.85. The molecule has 0 radical (unpaired) electrons. The van der Waals surface area contributed by atoms with Gasteiger partial charge >= 0.3 is 5.97 Å². The molecule has 18 heavy (non-hydrogen) atoms. The molecule has 0 atom stereocenters. The first-order valence-electron chi connectivity index (χ1n) is 5.78. The molecule has 4 nitrogen and oxygen atoms in total. The Kier molecular flexibility index (Phi) is 4.16. The molecule has 100 valence electrons. The number of Topliss-reactive ketones (excluding diaryl/α,β-unsaturated/α-hetero) is 1. The largest absolute Gasteiger partial charge is 0.465 e. The van der Waals surface area contributed by atoms with Crippen LogP contribution in [0.5, 0.6) is 0 Å². The minimum atomic E-state index is -0.521. The molecule has 0 saturated heterocycles. The zero-order chi connectivity index (χ0) is 14.1. The highest BCUT2D eigenvalue weighted by molar-refractivity contribution is 7.18. The zero-order valence-corrected chi connectivity index (χ0v) is 12.2. The van der Waals surface area contributed by atoms with E-state index >= 15 is 0 Å². The summed E-state index contributed by atoms with van der Waals surface area (Å²) in [5.74, 6) is -0.472. The molecule has 1 heterocycles. The van der Waals surface area contributed by atoms with Crippen molar-refractivity contribution < 1.29 is 14.3 Å². The monoisotopic (exact) mass is 269 g/mol. The van der Waals surface area contributed by atoms with E-state index < -0.39 is 11.4 Å². The SMILES string of the molecule is CCc1c(C(=O)OC)sc(N)c1C(=O)C(C)(C)C. The number of hydrogen-bond acceptors (Lipinski definition) is 5. The lowest BCUT2D eigenvalue weighted by Gasteiger charge is -2.17. The number of thiophene rings is 1. The minimum absolute atomic E-state index is 0.0387. The Balaban J connectivity index is 3.42. The molecule has 0 spiro atoms. The first-order valence-corrected chi connectivity index (χ1v) is 6.59. The highest BCUT2D eigenvalue weighted by atomic mass is 32.1. The summed E-state index contributed by atoms with van der Waals surface area (Å²) in [6.07, 6.45) is 0.579. The van der Waals surface area contributed by atoms with Crippen LogP contribution in [0.1, 0.15) is 53.3 Å². The molecular weight excluding hydrogens is 250 g/mol. The third-order valence-electron chi connectivity index (χ3n) is 2.67. The van der Waals surface area contributed by atoms with Crippen molar-refractivity contribution in [1.82, 2.24) is 0 Å². The van der Waals surface area contributed by atoms with E-state index in [1.54, 1.807) is 0 Å². The van der Waals surface area contributed by atoms with E-state index in [0.29, 0.717) is 27.4 Å². The molecule has 0 saturated carbocycles. The van der Waals surface area contributed by atoms with Gasteiger partial charge in [-0.2, -0.15) is 0 Å². The lowest BCUT2D eigenvalue weighted by molar-refractivity contribution is 0.0605. The Morgan fingerprint density at radius 1 is 1.33 bits per heavy atom. The summed E-state index contributed by atoms with van der Waals surface area (Å²) in [4.78, 5) is 24.5. The predicted molar refractivity (Wildman–Crippen MR) is 73.2 cm³/mol. The van der Waals surface area contributed by atoms with Gasteiger partial charge in [-0.05, 0) is 12.0 Å². The van der Waals surface area contributed by atoms with Crippen LogP contribution in [0.3, 0.4) is 0 Å². The van der Waals surface area contributed by atoms with Crippen LogP contribution < -0.4 is 5.73 Å². The zero-order valence-electron chi connectivity index (χ0n) is 11.4. The Morgan fingerprint density at radius 2 is 1.89 bits per heavy atom. The molecule has 0 aromatic carbocycles. The van der Waals surface area contributed by atoms with Gasteiger partial charge in [0.15, 0.2) is 5.78 Å². The maximum absolute atomic E-state index is 12.4. The van der Waals surface area contributed by atoms with Crippen molar-refractivity contribution in [3.8, 4) is 0 Å². The van der Waals surface area contributed by atoms with E-state index in [1.807, 2.05) is 27.7 Å². The second-order valence-corrected chi connectivity index (χ2v) is 6.13. The van der Waals surface area contributed by atoms with Gasteiger partial charge < -0.3 is 10.5 Å². The molecular formula is C13H19NO3S. The highest BCUT2D eigenvalue weighted by Crippen LogP contribution is 2.36. The Hall–Kier alpha value is -1.36. The van der Waals surface area contributed by atoms with Gasteiger partial charge in [0.2, 0.25) is 0 Å². The first-order chi connectivity index (χ1) is 8.23. The fourth-order valence-corrected chi connectivity index (χ4v) is 2.78. The fourth-order valence-electron chi connectivity index (χ4n) is 1.70. The summed E-state index contributed by atoms with van der Waals surface area (Å²) in [6, 6.07) is 0. The number of nitrogens with two attached hydrogens (primary N) is 1. The molecule has 0 fully saturated rings. The van der Waals surface area contributed by atoms with E-state index in [-0.39, 0.29) is 5.78 Å². The third-order valence-corrected chi connectivity index (χ3v) is 3.71. The molecule has 0 bridgehead atoms. The number of rotatable bonds is 3. The van der Waals surface area contributed by atoms with Gasteiger partial charge in [0.05, 0.1) is 17.7 Å². The van der Waals surface area contributed by atoms with Gasteiger partial charge in [-0.15, -0.1) is 11.3 Å². The summed E-state index contributed by atoms with van der Waals surface area (Å²) in [6.45, 7) is 7.41. The minimum Gasteiger partial charge on any atom is -0.465 e. The maximum atomic E-state index is 12.4. The number of ether oxygens (including phenoxy) is 1. The van der Waals surface area contributed by atoms with E-state index in [4.69, 9.17) is 10.5 Å². The molecule has 1 rings (SSSR count). The van der Waals surface area contributed by atoms with Crippen LogP contribution in [-0.4, -0.2) is 18.9 Å². The van der Waals surface area contributed by atoms with Crippen LogP contribution in [0.15, 0.2) is 0 Å². The van der Waals surface area contributed by atoms with Crippen molar-refractivity contribution in [2.45, 2.75) is 34.1 Å². The molecule has 1 aromatic rings. The van der Waals surface area contributed by atoms with Crippen LogP contribution in [0.2, 0.25) is 0 Å². The summed E-state index contributed by atoms with van der Waals surface area (Å²) in [7, 11) is 1.32. The summed E-state index contributed by atoms with van der Waals surface area (Å²) >= 11 is 1.13. The number of carbonyl (C=O) groups excluding carboxylic acids is 2. The average molecular weight is 269 g/mol. The Bertz CT molecular complexity index is 483. The number of nitrogen functional groups attached to an aromatic ring is 1. The van der Waals surface area contributed by atoms with Crippen molar-refractivity contribution in [1.29, 1.82) is 0 Å². The molecule has 0 aliphatic carbocycles. The maximum Gasteiger partial charge on any atom is 0.348 e. The second kappa shape index (κ2) is 5.10. The van der Waals surface area contributed by atoms with E-state index in [0.717, 1.165) is 11.3 Å². The van der Waals surface area contributed by atoms with Crippen molar-refractivity contribution in [2.24, 2.45) is 5.41 Å². The standard InChI is InChI=1S/C13H19NO3S/c1-6-7-8(10(15)13(2,3)4)11(14)18-9(7)12(16)17-5/h6,14H2,1-5H3. The number of anilines is 1. The van der Waals surface area contributed by atoms with Gasteiger partial charge in [0.1, 0.15) is 4.88 Å². The number of esters is 1. The topological polar surface area (TPSA) is 69.4 Å². The fraction of sp³-hybridized carbons (Fsp3) is 0.538. The third kappa shape index (κ3) is 2.56. The summed E-state index contributed by atoms with van der Waals surface area (Å²) < 4.78 is 4.72. The normalized spacial score (nSPS) is 11.4.